The minimum atomic E-state index is -0.394. The van der Waals surface area contributed by atoms with Gasteiger partial charge in [-0.3, -0.25) is 0 Å². The Morgan fingerprint density at radius 1 is 1.16 bits per heavy atom. The minimum absolute atomic E-state index is 0.188. The number of aryl methyl sites for hydroxylation is 1. The van der Waals surface area contributed by atoms with Crippen LogP contribution in [0.1, 0.15) is 31.0 Å². The zero-order valence-corrected chi connectivity index (χ0v) is 11.2. The first-order chi connectivity index (χ1) is 9.10. The van der Waals surface area contributed by atoms with Crippen LogP contribution in [0, 0.1) is 5.82 Å². The van der Waals surface area contributed by atoms with Gasteiger partial charge in [-0.05, 0) is 48.7 Å². The van der Waals surface area contributed by atoms with Crippen LogP contribution in [0.15, 0.2) is 42.5 Å². The second-order valence-corrected chi connectivity index (χ2v) is 4.58. The van der Waals surface area contributed by atoms with Crippen molar-refractivity contribution in [2.45, 2.75) is 26.3 Å². The molecule has 0 unspecified atom stereocenters. The maximum Gasteiger partial charge on any atom is 0.166 e. The number of hydrogen-bond acceptors (Lipinski definition) is 2. The largest absolute Gasteiger partial charge is 0.454 e. The monoisotopic (exact) mass is 259 g/mol. The second kappa shape index (κ2) is 5.85. The van der Waals surface area contributed by atoms with E-state index in [1.54, 1.807) is 12.1 Å². The van der Waals surface area contributed by atoms with Gasteiger partial charge in [0.25, 0.3) is 0 Å². The van der Waals surface area contributed by atoms with Crippen LogP contribution in [0.4, 0.5) is 4.39 Å². The molecule has 2 aromatic carbocycles. The summed E-state index contributed by atoms with van der Waals surface area (Å²) in [5.41, 5.74) is 7.69. The number of halogens is 1. The van der Waals surface area contributed by atoms with Crippen LogP contribution in [-0.2, 0) is 6.42 Å². The molecule has 0 aliphatic heterocycles. The molecule has 0 spiro atoms. The Balaban J connectivity index is 2.18. The first kappa shape index (κ1) is 13.6. The highest BCUT2D eigenvalue weighted by molar-refractivity contribution is 5.36. The van der Waals surface area contributed by atoms with E-state index in [1.165, 1.54) is 11.6 Å². The molecular formula is C16H18FNO. The van der Waals surface area contributed by atoms with Crippen molar-refractivity contribution in [3.8, 4) is 11.5 Å². The fraction of sp³-hybridized carbons (Fsp3) is 0.250. The Morgan fingerprint density at radius 3 is 2.37 bits per heavy atom. The number of nitrogens with two attached hydrogens (primary N) is 1. The lowest BCUT2D eigenvalue weighted by Crippen LogP contribution is -2.05. The van der Waals surface area contributed by atoms with Crippen LogP contribution in [0.5, 0.6) is 11.5 Å². The Kier molecular flexibility index (Phi) is 4.17. The lowest BCUT2D eigenvalue weighted by Gasteiger charge is -2.10. The van der Waals surface area contributed by atoms with Crippen LogP contribution >= 0.6 is 0 Å². The van der Waals surface area contributed by atoms with Gasteiger partial charge in [-0.15, -0.1) is 0 Å². The summed E-state index contributed by atoms with van der Waals surface area (Å²) in [5, 5.41) is 0. The van der Waals surface area contributed by atoms with Crippen molar-refractivity contribution in [1.29, 1.82) is 0 Å². The molecule has 3 heteroatoms. The molecule has 2 aromatic rings. The molecule has 0 aliphatic rings. The topological polar surface area (TPSA) is 35.2 Å². The Morgan fingerprint density at radius 2 is 1.84 bits per heavy atom. The number of benzene rings is 2. The van der Waals surface area contributed by atoms with Gasteiger partial charge in [-0.2, -0.15) is 0 Å². The average Bonchev–Trinajstić information content (AvgIpc) is 2.41. The van der Waals surface area contributed by atoms with Crippen LogP contribution in [0.2, 0.25) is 0 Å². The maximum absolute atomic E-state index is 13.9. The normalized spacial score (nSPS) is 12.2. The maximum atomic E-state index is 13.9. The van der Waals surface area contributed by atoms with Crippen LogP contribution in [0.3, 0.4) is 0 Å². The predicted molar refractivity (Wildman–Crippen MR) is 74.9 cm³/mol. The molecule has 0 bridgehead atoms. The zero-order chi connectivity index (χ0) is 13.8. The fourth-order valence-electron chi connectivity index (χ4n) is 1.80. The van der Waals surface area contributed by atoms with Crippen molar-refractivity contribution in [2.75, 3.05) is 0 Å². The SMILES string of the molecule is CCc1ccc(Oc2ccc([C@@H](C)N)cc2F)cc1. The highest BCUT2D eigenvalue weighted by Crippen LogP contribution is 2.26. The van der Waals surface area contributed by atoms with E-state index in [4.69, 9.17) is 10.5 Å². The van der Waals surface area contributed by atoms with E-state index in [1.807, 2.05) is 31.2 Å². The number of hydrogen-bond donors (Lipinski definition) is 1. The molecule has 0 radical (unpaired) electrons. The second-order valence-electron chi connectivity index (χ2n) is 4.58. The summed E-state index contributed by atoms with van der Waals surface area (Å²) >= 11 is 0. The van der Waals surface area contributed by atoms with Gasteiger partial charge in [0.15, 0.2) is 11.6 Å². The van der Waals surface area contributed by atoms with Gasteiger partial charge in [0, 0.05) is 6.04 Å². The predicted octanol–water partition coefficient (Wildman–Crippen LogP) is 4.20. The fourth-order valence-corrected chi connectivity index (χ4v) is 1.80. The summed E-state index contributed by atoms with van der Waals surface area (Å²) in [5.74, 6) is 0.452. The van der Waals surface area contributed by atoms with Gasteiger partial charge in [-0.25, -0.2) is 4.39 Å². The molecule has 0 fully saturated rings. The Labute approximate surface area is 113 Å². The first-order valence-electron chi connectivity index (χ1n) is 6.42. The van der Waals surface area contributed by atoms with Gasteiger partial charge >= 0.3 is 0 Å². The molecule has 1 atom stereocenters. The van der Waals surface area contributed by atoms with Crippen molar-refractivity contribution in [3.05, 3.63) is 59.4 Å². The molecule has 0 aliphatic carbocycles. The molecule has 0 amide bonds. The van der Waals surface area contributed by atoms with Crippen LogP contribution in [0.25, 0.3) is 0 Å². The summed E-state index contributed by atoms with van der Waals surface area (Å²) in [7, 11) is 0. The van der Waals surface area contributed by atoms with E-state index < -0.39 is 5.82 Å². The summed E-state index contributed by atoms with van der Waals surface area (Å²) in [4.78, 5) is 0. The van der Waals surface area contributed by atoms with E-state index in [2.05, 4.69) is 6.92 Å². The highest BCUT2D eigenvalue weighted by Gasteiger charge is 2.08. The molecular weight excluding hydrogens is 241 g/mol. The molecule has 100 valence electrons. The van der Waals surface area contributed by atoms with Crippen molar-refractivity contribution in [3.63, 3.8) is 0 Å². The standard InChI is InChI=1S/C16H18FNO/c1-3-12-4-7-14(8-5-12)19-16-9-6-13(11(2)18)10-15(16)17/h4-11H,3,18H2,1-2H3/t11-/m1/s1. The van der Waals surface area contributed by atoms with E-state index in [-0.39, 0.29) is 11.8 Å². The Bertz CT molecular complexity index is 549. The van der Waals surface area contributed by atoms with Crippen LogP contribution in [-0.4, -0.2) is 0 Å². The molecule has 0 saturated heterocycles. The summed E-state index contributed by atoms with van der Waals surface area (Å²) in [6.45, 7) is 3.90. The first-order valence-corrected chi connectivity index (χ1v) is 6.42. The number of ether oxygens (including phenoxy) is 1. The summed E-state index contributed by atoms with van der Waals surface area (Å²) < 4.78 is 19.4. The summed E-state index contributed by atoms with van der Waals surface area (Å²) in [6, 6.07) is 12.3. The van der Waals surface area contributed by atoms with Crippen LogP contribution < -0.4 is 10.5 Å². The molecule has 0 aromatic heterocycles. The van der Waals surface area contributed by atoms with E-state index >= 15 is 0 Å². The van der Waals surface area contributed by atoms with E-state index in [0.717, 1.165) is 12.0 Å². The van der Waals surface area contributed by atoms with Gasteiger partial charge in [-0.1, -0.05) is 25.1 Å². The lowest BCUT2D eigenvalue weighted by molar-refractivity contribution is 0.441. The zero-order valence-electron chi connectivity index (χ0n) is 11.2. The van der Waals surface area contributed by atoms with E-state index in [9.17, 15) is 4.39 Å². The van der Waals surface area contributed by atoms with Gasteiger partial charge in [0.2, 0.25) is 0 Å². The smallest absolute Gasteiger partial charge is 0.166 e. The molecule has 2 rings (SSSR count). The van der Waals surface area contributed by atoms with Gasteiger partial charge < -0.3 is 10.5 Å². The van der Waals surface area contributed by atoms with Crippen molar-refractivity contribution in [2.24, 2.45) is 5.73 Å². The van der Waals surface area contributed by atoms with Gasteiger partial charge in [0.1, 0.15) is 5.75 Å². The van der Waals surface area contributed by atoms with Crippen molar-refractivity contribution in [1.82, 2.24) is 0 Å². The third-order valence-corrected chi connectivity index (χ3v) is 3.04. The highest BCUT2D eigenvalue weighted by atomic mass is 19.1. The minimum Gasteiger partial charge on any atom is -0.454 e. The van der Waals surface area contributed by atoms with Crippen molar-refractivity contribution >= 4 is 0 Å². The molecule has 2 N–H and O–H groups in total. The van der Waals surface area contributed by atoms with E-state index in [0.29, 0.717) is 5.75 Å². The molecule has 0 saturated carbocycles. The average molecular weight is 259 g/mol. The molecule has 0 heterocycles. The Hall–Kier alpha value is -1.87. The third kappa shape index (κ3) is 3.32. The molecule has 19 heavy (non-hydrogen) atoms. The quantitative estimate of drug-likeness (QED) is 0.893. The summed E-state index contributed by atoms with van der Waals surface area (Å²) in [6.07, 6.45) is 0.970. The third-order valence-electron chi connectivity index (χ3n) is 3.04. The van der Waals surface area contributed by atoms with Crippen molar-refractivity contribution < 1.29 is 9.13 Å². The van der Waals surface area contributed by atoms with Gasteiger partial charge in [0.05, 0.1) is 0 Å². The molecule has 2 nitrogen and oxygen atoms in total. The lowest BCUT2D eigenvalue weighted by atomic mass is 10.1. The number of rotatable bonds is 4.